The van der Waals surface area contributed by atoms with E-state index in [0.717, 1.165) is 0 Å². The van der Waals surface area contributed by atoms with Crippen LogP contribution in [-0.4, -0.2) is 44.2 Å². The van der Waals surface area contributed by atoms with E-state index in [9.17, 15) is 17.3 Å². The molecule has 1 rings (SSSR count). The van der Waals surface area contributed by atoms with Gasteiger partial charge in [-0.2, -0.15) is 0 Å². The van der Waals surface area contributed by atoms with Crippen LogP contribution in [-0.2, 0) is 19.5 Å². The molecule has 0 unspecified atom stereocenters. The van der Waals surface area contributed by atoms with Gasteiger partial charge in [-0.25, -0.2) is 0 Å². The van der Waals surface area contributed by atoms with Crippen molar-refractivity contribution in [3.05, 3.63) is 24.3 Å². The van der Waals surface area contributed by atoms with Crippen LogP contribution >= 0.6 is 15.8 Å². The van der Waals surface area contributed by atoms with Crippen molar-refractivity contribution < 1.29 is 36.7 Å². The van der Waals surface area contributed by atoms with Crippen LogP contribution in [0, 0.1) is 0 Å². The first kappa shape index (κ1) is 31.4. The van der Waals surface area contributed by atoms with Gasteiger partial charge in [-0.15, -0.1) is 0 Å². The Morgan fingerprint density at radius 1 is 0.615 bits per heavy atom. The van der Waals surface area contributed by atoms with Gasteiger partial charge in [0.2, 0.25) is 0 Å². The molecule has 0 aromatic heterocycles. The first-order valence-corrected chi connectivity index (χ1v) is 13.9. The van der Waals surface area contributed by atoms with Crippen molar-refractivity contribution >= 4 is 23.1 Å². The van der Waals surface area contributed by atoms with Gasteiger partial charge in [0.1, 0.15) is 0 Å². The van der Waals surface area contributed by atoms with Crippen LogP contribution in [0.15, 0.2) is 24.3 Å². The Morgan fingerprint density at radius 2 is 0.808 bits per heavy atom. The van der Waals surface area contributed by atoms with E-state index in [1.165, 1.54) is 50.3 Å². The summed E-state index contributed by atoms with van der Waals surface area (Å²) in [5.41, 5.74) is 0. The molecule has 0 saturated heterocycles. The third-order valence-electron chi connectivity index (χ3n) is 4.17. The molecule has 1 aliphatic carbocycles. The molecule has 1 radical (unpaired) electrons. The van der Waals surface area contributed by atoms with Gasteiger partial charge in [0.25, 0.3) is 0 Å². The molecule has 0 aliphatic heterocycles. The van der Waals surface area contributed by atoms with Crippen molar-refractivity contribution in [3.8, 4) is 0 Å². The van der Waals surface area contributed by atoms with Crippen LogP contribution in [0.2, 0.25) is 0 Å². The van der Waals surface area contributed by atoms with Gasteiger partial charge >= 0.3 is 7.25 Å². The van der Waals surface area contributed by atoms with Crippen molar-refractivity contribution in [1.82, 2.24) is 0 Å². The van der Waals surface area contributed by atoms with E-state index in [1.54, 1.807) is 12.3 Å². The van der Waals surface area contributed by atoms with Crippen LogP contribution in [0.25, 0.3) is 0 Å². The molecule has 0 nitrogen and oxygen atoms in total. The standard InChI is InChI=1S/C10H24P2.C8H12.BF4.Rh/c1-5-11(6-2)9-10-12(7-3)8-4;1-2-4-6-8-7-5-3-1;2-1(3,4)5;/h5-10H2,1-4H3;1-2,7-8H,3-6H2;;/q;;-1;/p+2/b;2-1-,8-7-;;. The fourth-order valence-electron chi connectivity index (χ4n) is 2.42. The van der Waals surface area contributed by atoms with E-state index in [4.69, 9.17) is 0 Å². The molecule has 8 heteroatoms. The molecule has 0 aromatic rings. The molecular weight excluding hydrogens is 468 g/mol. The number of halogens is 4. The van der Waals surface area contributed by atoms with Crippen molar-refractivity contribution in [3.63, 3.8) is 0 Å². The topological polar surface area (TPSA) is 0 Å². The molecule has 26 heavy (non-hydrogen) atoms. The maximum Gasteiger partial charge on any atom is 0.673 e. The smallest absolute Gasteiger partial charge is 0.418 e. The van der Waals surface area contributed by atoms with Gasteiger partial charge in [-0.1, -0.05) is 24.3 Å². The van der Waals surface area contributed by atoms with Gasteiger partial charge in [0.15, 0.2) is 0 Å². The average Bonchev–Trinajstić information content (AvgIpc) is 2.50. The zero-order valence-corrected chi connectivity index (χ0v) is 20.4. The molecule has 0 atom stereocenters. The summed E-state index contributed by atoms with van der Waals surface area (Å²) in [4.78, 5) is 0. The van der Waals surface area contributed by atoms with E-state index in [2.05, 4.69) is 52.0 Å². The van der Waals surface area contributed by atoms with Gasteiger partial charge in [0, 0.05) is 35.3 Å². The zero-order chi connectivity index (χ0) is 19.6. The van der Waals surface area contributed by atoms with E-state index >= 15 is 0 Å². The van der Waals surface area contributed by atoms with Crippen molar-refractivity contribution in [2.75, 3.05) is 37.0 Å². The second-order valence-electron chi connectivity index (χ2n) is 6.01. The Hall–Kier alpha value is 0.748. The van der Waals surface area contributed by atoms with Crippen LogP contribution in [0.5, 0.6) is 0 Å². The summed E-state index contributed by atoms with van der Waals surface area (Å²) in [6, 6.07) is 0. The maximum atomic E-state index is 9.75. The minimum absolute atomic E-state index is 0. The Bertz CT molecular complexity index is 288. The molecular formula is C18H38BF4P2Rh+. The van der Waals surface area contributed by atoms with E-state index in [0.29, 0.717) is 0 Å². The number of rotatable bonds is 7. The quantitative estimate of drug-likeness (QED) is 0.146. The predicted octanol–water partition coefficient (Wildman–Crippen LogP) is 7.46. The Morgan fingerprint density at radius 3 is 0.962 bits per heavy atom. The summed E-state index contributed by atoms with van der Waals surface area (Å²) < 4.78 is 39.0. The Balaban J connectivity index is -0.000000327. The van der Waals surface area contributed by atoms with Crippen LogP contribution in [0.4, 0.5) is 17.3 Å². The predicted molar refractivity (Wildman–Crippen MR) is 115 cm³/mol. The van der Waals surface area contributed by atoms with Crippen molar-refractivity contribution in [2.24, 2.45) is 0 Å². The van der Waals surface area contributed by atoms with Crippen LogP contribution in [0.3, 0.4) is 0 Å². The molecule has 0 saturated carbocycles. The van der Waals surface area contributed by atoms with Crippen LogP contribution < -0.4 is 0 Å². The minimum atomic E-state index is -6.00. The third kappa shape index (κ3) is 29.5. The molecule has 1 aliphatic rings. The van der Waals surface area contributed by atoms with E-state index in [-0.39, 0.29) is 35.3 Å². The molecule has 159 valence electrons. The maximum absolute atomic E-state index is 9.75. The second-order valence-corrected chi connectivity index (χ2v) is 12.8. The fourth-order valence-corrected chi connectivity index (χ4v) is 7.66. The number of hydrogen-bond acceptors (Lipinski definition) is 0. The molecule has 0 fully saturated rings. The normalized spacial score (nSPS) is 16.2. The van der Waals surface area contributed by atoms with E-state index < -0.39 is 7.25 Å². The third-order valence-corrected chi connectivity index (χ3v) is 10.6. The Kier molecular flexibility index (Phi) is 26.7. The summed E-state index contributed by atoms with van der Waals surface area (Å²) in [5, 5.41) is 0. The Labute approximate surface area is 174 Å². The van der Waals surface area contributed by atoms with E-state index in [1.807, 2.05) is 0 Å². The first-order valence-electron chi connectivity index (χ1n) is 9.62. The van der Waals surface area contributed by atoms with Crippen molar-refractivity contribution in [1.29, 1.82) is 0 Å². The molecule has 0 amide bonds. The van der Waals surface area contributed by atoms with Gasteiger partial charge in [-0.05, 0) is 53.4 Å². The average molecular weight is 506 g/mol. The SMILES string of the molecule is C1=C\CC/C=C\CC/1.CC[PH+](CC)CC[PH+](CC)CC.F[B-](F)(F)F.[Rh]. The summed E-state index contributed by atoms with van der Waals surface area (Å²) >= 11 is 0. The van der Waals surface area contributed by atoms with Gasteiger partial charge in [-0.3, -0.25) is 0 Å². The summed E-state index contributed by atoms with van der Waals surface area (Å²) in [5.74, 6) is 0. The summed E-state index contributed by atoms with van der Waals surface area (Å²) in [6.07, 6.45) is 23.2. The summed E-state index contributed by atoms with van der Waals surface area (Å²) in [6.45, 7) is 9.51. The first-order chi connectivity index (χ1) is 11.8. The monoisotopic (exact) mass is 506 g/mol. The zero-order valence-electron chi connectivity index (χ0n) is 16.8. The largest absolute Gasteiger partial charge is 0.673 e. The van der Waals surface area contributed by atoms with Gasteiger partial charge < -0.3 is 17.3 Å². The van der Waals surface area contributed by atoms with Crippen LogP contribution in [0.1, 0.15) is 53.4 Å². The number of hydrogen-bond donors (Lipinski definition) is 0. The van der Waals surface area contributed by atoms with Crippen molar-refractivity contribution in [2.45, 2.75) is 53.4 Å². The molecule has 0 N–H and O–H groups in total. The minimum Gasteiger partial charge on any atom is -0.418 e. The molecule has 0 bridgehead atoms. The fraction of sp³-hybridized carbons (Fsp3) is 0.778. The summed E-state index contributed by atoms with van der Waals surface area (Å²) in [7, 11) is -5.83. The van der Waals surface area contributed by atoms with Gasteiger partial charge in [0.05, 0.1) is 37.0 Å². The second kappa shape index (κ2) is 22.0. The molecule has 0 spiro atoms. The number of allylic oxidation sites excluding steroid dienone is 4. The molecule has 0 aromatic carbocycles. The molecule has 0 heterocycles.